The van der Waals surface area contributed by atoms with Crippen LogP contribution in [0.25, 0.3) is 10.8 Å². The third-order valence-electron chi connectivity index (χ3n) is 7.34. The fraction of sp³-hybridized carbons (Fsp3) is 0.577. The van der Waals surface area contributed by atoms with E-state index in [9.17, 15) is 36.2 Å². The van der Waals surface area contributed by atoms with E-state index in [-0.39, 0.29) is 42.7 Å². The maximum Gasteiger partial charge on any atom is 0.420 e. The highest BCUT2D eigenvalue weighted by Gasteiger charge is 2.42. The molecule has 4 rings (SSSR count). The highest BCUT2D eigenvalue weighted by atomic mass is 19.4. The Morgan fingerprint density at radius 2 is 1.67 bits per heavy atom. The van der Waals surface area contributed by atoms with Gasteiger partial charge in [-0.3, -0.25) is 9.69 Å². The molecule has 198 valence electrons. The van der Waals surface area contributed by atoms with E-state index in [0.717, 1.165) is 18.5 Å². The molecule has 0 aromatic heterocycles. The van der Waals surface area contributed by atoms with Crippen LogP contribution in [0, 0.1) is 11.8 Å². The number of rotatable bonds is 5. The molecule has 1 N–H and O–H groups in total. The van der Waals surface area contributed by atoms with Crippen LogP contribution < -0.4 is 4.74 Å². The van der Waals surface area contributed by atoms with Gasteiger partial charge < -0.3 is 9.84 Å². The third-order valence-corrected chi connectivity index (χ3v) is 7.34. The molecule has 1 saturated carbocycles. The summed E-state index contributed by atoms with van der Waals surface area (Å²) >= 11 is 0. The number of benzene rings is 2. The standard InChI is InChI=1S/C26H29F6NO3/c27-25(28,29)19-5-7-20(8-6-19)36-22-10-4-18-14-16(3-9-21(18)23(22)26(30,31)32)15-33-12-1-2-17(11-13-33)24(34)35/h3-4,9-10,14,17,19-20H,1-2,5-8,11-13,15H2,(H,34,35). The first kappa shape index (κ1) is 26.6. The first-order valence-corrected chi connectivity index (χ1v) is 12.2. The molecule has 2 aliphatic rings. The molecule has 36 heavy (non-hydrogen) atoms. The summed E-state index contributed by atoms with van der Waals surface area (Å²) in [6.45, 7) is 1.83. The number of carbonyl (C=O) groups is 1. The van der Waals surface area contributed by atoms with Gasteiger partial charge in [-0.15, -0.1) is 0 Å². The van der Waals surface area contributed by atoms with Crippen LogP contribution in [-0.2, 0) is 17.5 Å². The molecular weight excluding hydrogens is 488 g/mol. The van der Waals surface area contributed by atoms with Crippen molar-refractivity contribution in [3.63, 3.8) is 0 Å². The van der Waals surface area contributed by atoms with Gasteiger partial charge in [0, 0.05) is 6.54 Å². The summed E-state index contributed by atoms with van der Waals surface area (Å²) in [5.74, 6) is -2.96. The third kappa shape index (κ3) is 6.25. The fourth-order valence-corrected chi connectivity index (χ4v) is 5.35. The van der Waals surface area contributed by atoms with Crippen molar-refractivity contribution in [1.29, 1.82) is 0 Å². The topological polar surface area (TPSA) is 49.8 Å². The summed E-state index contributed by atoms with van der Waals surface area (Å²) in [4.78, 5) is 13.4. The Balaban J connectivity index is 1.51. The summed E-state index contributed by atoms with van der Waals surface area (Å²) in [7, 11) is 0. The highest BCUT2D eigenvalue weighted by molar-refractivity contribution is 5.89. The van der Waals surface area contributed by atoms with Gasteiger partial charge in [-0.25, -0.2) is 0 Å². The smallest absolute Gasteiger partial charge is 0.420 e. The van der Waals surface area contributed by atoms with Gasteiger partial charge in [-0.2, -0.15) is 26.3 Å². The minimum absolute atomic E-state index is 0.0189. The van der Waals surface area contributed by atoms with Gasteiger partial charge in [0.05, 0.1) is 17.9 Å². The number of likely N-dealkylation sites (tertiary alicyclic amines) is 1. The Labute approximate surface area is 205 Å². The number of carboxylic acid groups (broad SMARTS) is 1. The van der Waals surface area contributed by atoms with Gasteiger partial charge in [0.2, 0.25) is 0 Å². The number of fused-ring (bicyclic) bond motifs is 1. The largest absolute Gasteiger partial charge is 0.490 e. The molecule has 4 nitrogen and oxygen atoms in total. The molecule has 0 spiro atoms. The maximum absolute atomic E-state index is 14.1. The van der Waals surface area contributed by atoms with Crippen LogP contribution in [0.2, 0.25) is 0 Å². The van der Waals surface area contributed by atoms with E-state index >= 15 is 0 Å². The summed E-state index contributed by atoms with van der Waals surface area (Å²) in [5, 5.41) is 9.63. The molecule has 2 fully saturated rings. The van der Waals surface area contributed by atoms with E-state index in [2.05, 4.69) is 4.90 Å². The number of aliphatic carboxylic acids is 1. The van der Waals surface area contributed by atoms with Crippen molar-refractivity contribution >= 4 is 16.7 Å². The van der Waals surface area contributed by atoms with Crippen molar-refractivity contribution in [3.8, 4) is 5.75 Å². The SMILES string of the molecule is O=C(O)C1CCCN(Cc2ccc3c(C(F)(F)F)c(OC4CCC(C(F)(F)F)CC4)ccc3c2)CC1. The zero-order valence-corrected chi connectivity index (χ0v) is 19.7. The number of nitrogens with zero attached hydrogens (tertiary/aromatic N) is 1. The van der Waals surface area contributed by atoms with Gasteiger partial charge in [0.1, 0.15) is 11.3 Å². The normalized spacial score (nSPS) is 24.4. The van der Waals surface area contributed by atoms with Crippen LogP contribution in [0.3, 0.4) is 0 Å². The van der Waals surface area contributed by atoms with Crippen molar-refractivity contribution in [2.75, 3.05) is 13.1 Å². The molecule has 1 saturated heterocycles. The zero-order chi connectivity index (χ0) is 26.1. The molecule has 1 atom stereocenters. The Morgan fingerprint density at radius 1 is 0.944 bits per heavy atom. The Morgan fingerprint density at radius 3 is 2.31 bits per heavy atom. The van der Waals surface area contributed by atoms with Crippen LogP contribution in [0.5, 0.6) is 5.75 Å². The quantitative estimate of drug-likeness (QED) is 0.432. The molecule has 0 bridgehead atoms. The first-order valence-electron chi connectivity index (χ1n) is 12.2. The van der Waals surface area contributed by atoms with Gasteiger partial charge in [0.25, 0.3) is 0 Å². The van der Waals surface area contributed by atoms with Gasteiger partial charge in [-0.1, -0.05) is 18.2 Å². The fourth-order valence-electron chi connectivity index (χ4n) is 5.35. The summed E-state index contributed by atoms with van der Waals surface area (Å²) in [6.07, 6.45) is -8.01. The lowest BCUT2D eigenvalue weighted by Crippen LogP contribution is -2.32. The molecule has 0 amide bonds. The lowest BCUT2D eigenvalue weighted by molar-refractivity contribution is -0.185. The van der Waals surface area contributed by atoms with Crippen molar-refractivity contribution in [2.45, 2.75) is 69.9 Å². The monoisotopic (exact) mass is 517 g/mol. The second-order valence-electron chi connectivity index (χ2n) is 9.87. The number of alkyl halides is 6. The Bertz CT molecular complexity index is 1080. The highest BCUT2D eigenvalue weighted by Crippen LogP contribution is 2.44. The Hall–Kier alpha value is -2.49. The average Bonchev–Trinajstić information content (AvgIpc) is 3.04. The van der Waals surface area contributed by atoms with Crippen LogP contribution in [0.15, 0.2) is 30.3 Å². The van der Waals surface area contributed by atoms with E-state index in [1.165, 1.54) is 12.1 Å². The van der Waals surface area contributed by atoms with Crippen molar-refractivity contribution in [2.24, 2.45) is 11.8 Å². The Kier molecular flexibility index (Phi) is 7.73. The summed E-state index contributed by atoms with van der Waals surface area (Å²) < 4.78 is 86.7. The van der Waals surface area contributed by atoms with Crippen LogP contribution in [-0.4, -0.2) is 41.3 Å². The van der Waals surface area contributed by atoms with Crippen molar-refractivity contribution < 1.29 is 41.0 Å². The lowest BCUT2D eigenvalue weighted by atomic mass is 9.87. The number of carboxylic acids is 1. The number of halogens is 6. The molecule has 0 radical (unpaired) electrons. The van der Waals surface area contributed by atoms with E-state index < -0.39 is 35.9 Å². The average molecular weight is 518 g/mol. The van der Waals surface area contributed by atoms with Crippen LogP contribution in [0.1, 0.15) is 56.1 Å². The molecule has 1 heterocycles. The predicted molar refractivity (Wildman–Crippen MR) is 122 cm³/mol. The molecule has 2 aromatic rings. The summed E-state index contributed by atoms with van der Waals surface area (Å²) in [5.41, 5.74) is -0.0906. The minimum atomic E-state index is -4.70. The van der Waals surface area contributed by atoms with Gasteiger partial charge in [-0.05, 0) is 86.5 Å². The van der Waals surface area contributed by atoms with Crippen LogP contribution in [0.4, 0.5) is 26.3 Å². The number of hydrogen-bond acceptors (Lipinski definition) is 3. The second kappa shape index (κ2) is 10.5. The van der Waals surface area contributed by atoms with Crippen LogP contribution >= 0.6 is 0 Å². The molecule has 2 aromatic carbocycles. The zero-order valence-electron chi connectivity index (χ0n) is 19.7. The van der Waals surface area contributed by atoms with E-state index in [1.54, 1.807) is 18.2 Å². The lowest BCUT2D eigenvalue weighted by Gasteiger charge is -2.31. The molecule has 1 aliphatic carbocycles. The maximum atomic E-state index is 14.1. The van der Waals surface area contributed by atoms with Gasteiger partial charge in [0.15, 0.2) is 0 Å². The number of ether oxygens (including phenoxy) is 1. The van der Waals surface area contributed by atoms with Crippen molar-refractivity contribution in [3.05, 3.63) is 41.5 Å². The van der Waals surface area contributed by atoms with E-state index in [1.807, 2.05) is 0 Å². The molecule has 1 aliphatic heterocycles. The first-order chi connectivity index (χ1) is 16.9. The van der Waals surface area contributed by atoms with Crippen molar-refractivity contribution in [1.82, 2.24) is 4.90 Å². The minimum Gasteiger partial charge on any atom is -0.490 e. The molecule has 1 unspecified atom stereocenters. The van der Waals surface area contributed by atoms with Gasteiger partial charge >= 0.3 is 18.3 Å². The second-order valence-corrected chi connectivity index (χ2v) is 9.87. The molecular formula is C26H29F6NO3. The number of hydrogen-bond donors (Lipinski definition) is 1. The molecule has 10 heteroatoms. The van der Waals surface area contributed by atoms with E-state index in [4.69, 9.17) is 4.74 Å². The van der Waals surface area contributed by atoms with E-state index in [0.29, 0.717) is 31.3 Å². The summed E-state index contributed by atoms with van der Waals surface area (Å²) in [6, 6.07) is 7.55. The predicted octanol–water partition coefficient (Wildman–Crippen LogP) is 7.05.